The molecule has 2 aromatic rings. The highest BCUT2D eigenvalue weighted by Crippen LogP contribution is 2.22. The minimum absolute atomic E-state index is 0.0235. The van der Waals surface area contributed by atoms with Crippen molar-refractivity contribution in [2.45, 2.75) is 13.8 Å². The molecular weight excluding hydrogens is 315 g/mol. The Bertz CT molecular complexity index is 692. The Kier molecular flexibility index (Phi) is 4.79. The van der Waals surface area contributed by atoms with Crippen LogP contribution in [0.25, 0.3) is 0 Å². The van der Waals surface area contributed by atoms with E-state index in [1.54, 1.807) is 0 Å². The van der Waals surface area contributed by atoms with Gasteiger partial charge in [-0.25, -0.2) is 17.8 Å². The summed E-state index contributed by atoms with van der Waals surface area (Å²) in [5.74, 6) is -0.152. The molecule has 0 fully saturated rings. The number of hydrogen-bond donors (Lipinski definition) is 1. The fraction of sp³-hybridized carbons (Fsp3) is 0.308. The van der Waals surface area contributed by atoms with Crippen LogP contribution in [0.5, 0.6) is 5.75 Å². The lowest BCUT2D eigenvalue weighted by Crippen LogP contribution is -2.21. The van der Waals surface area contributed by atoms with E-state index in [-0.39, 0.29) is 18.2 Å². The first kappa shape index (κ1) is 15.7. The predicted molar refractivity (Wildman–Crippen MR) is 80.9 cm³/mol. The third-order valence-corrected chi connectivity index (χ3v) is 5.03. The van der Waals surface area contributed by atoms with E-state index >= 15 is 0 Å². The molecule has 0 spiro atoms. The smallest absolute Gasteiger partial charge is 0.237 e. The van der Waals surface area contributed by atoms with E-state index in [1.807, 2.05) is 13.8 Å². The Labute approximate surface area is 126 Å². The van der Waals surface area contributed by atoms with Crippen molar-refractivity contribution in [3.05, 3.63) is 40.7 Å². The molecule has 5 nitrogen and oxygen atoms in total. The van der Waals surface area contributed by atoms with Crippen molar-refractivity contribution in [2.75, 3.05) is 17.1 Å². The number of sulfonamides is 1. The van der Waals surface area contributed by atoms with Gasteiger partial charge >= 0.3 is 0 Å². The molecule has 2 rings (SSSR count). The average molecular weight is 330 g/mol. The van der Waals surface area contributed by atoms with Gasteiger partial charge < -0.3 is 4.74 Å². The molecule has 0 bridgehead atoms. The molecule has 0 amide bonds. The summed E-state index contributed by atoms with van der Waals surface area (Å²) in [5, 5.41) is 0.354. The van der Waals surface area contributed by atoms with Gasteiger partial charge in [-0.1, -0.05) is 0 Å². The minimum atomic E-state index is -3.52. The average Bonchev–Trinajstić information content (AvgIpc) is 2.69. The molecule has 0 saturated heterocycles. The zero-order valence-corrected chi connectivity index (χ0v) is 13.2. The van der Waals surface area contributed by atoms with Gasteiger partial charge in [0.15, 0.2) is 5.13 Å². The van der Waals surface area contributed by atoms with E-state index in [4.69, 9.17) is 4.74 Å². The standard InChI is InChI=1S/C13H15FN2O3S2/c1-9-10(2)20-13(15-9)16-21(17,18)8-7-19-12-5-3-11(14)4-6-12/h3-6H,7-8H2,1-2H3,(H,15,16). The number of halogens is 1. The molecule has 0 saturated carbocycles. The number of thiazole rings is 1. The number of benzene rings is 1. The van der Waals surface area contributed by atoms with Crippen molar-refractivity contribution < 1.29 is 17.5 Å². The molecule has 8 heteroatoms. The molecule has 1 N–H and O–H groups in total. The number of nitrogens with one attached hydrogen (secondary N) is 1. The molecule has 1 aromatic heterocycles. The lowest BCUT2D eigenvalue weighted by molar-refractivity contribution is 0.340. The van der Waals surface area contributed by atoms with E-state index in [0.717, 1.165) is 10.6 Å². The zero-order valence-electron chi connectivity index (χ0n) is 11.6. The molecule has 0 aliphatic heterocycles. The molecule has 0 aliphatic rings. The van der Waals surface area contributed by atoms with Crippen molar-refractivity contribution in [3.63, 3.8) is 0 Å². The summed E-state index contributed by atoms with van der Waals surface area (Å²) in [6.45, 7) is 3.67. The number of hydrogen-bond acceptors (Lipinski definition) is 5. The fourth-order valence-corrected chi connectivity index (χ4v) is 3.43. The number of nitrogens with zero attached hydrogens (tertiary/aromatic N) is 1. The Hall–Kier alpha value is -1.67. The summed E-state index contributed by atoms with van der Waals surface area (Å²) in [7, 11) is -3.52. The van der Waals surface area contributed by atoms with Gasteiger partial charge in [-0.15, -0.1) is 11.3 Å². The normalized spacial score (nSPS) is 11.4. The molecule has 0 aliphatic carbocycles. The van der Waals surface area contributed by atoms with Gasteiger partial charge in [0.1, 0.15) is 23.9 Å². The van der Waals surface area contributed by atoms with Crippen LogP contribution in [0.1, 0.15) is 10.6 Å². The number of aromatic nitrogens is 1. The molecule has 1 aromatic carbocycles. The quantitative estimate of drug-likeness (QED) is 0.884. The van der Waals surface area contributed by atoms with Gasteiger partial charge in [0.25, 0.3) is 0 Å². The van der Waals surface area contributed by atoms with Crippen molar-refractivity contribution in [1.29, 1.82) is 0 Å². The first-order valence-electron chi connectivity index (χ1n) is 6.18. The molecule has 0 radical (unpaired) electrons. The van der Waals surface area contributed by atoms with Crippen LogP contribution in [0.4, 0.5) is 9.52 Å². The summed E-state index contributed by atoms with van der Waals surface area (Å²) in [6, 6.07) is 5.40. The third-order valence-electron chi connectivity index (χ3n) is 2.71. The molecule has 114 valence electrons. The van der Waals surface area contributed by atoms with Crippen LogP contribution < -0.4 is 9.46 Å². The second kappa shape index (κ2) is 6.40. The van der Waals surface area contributed by atoms with E-state index in [1.165, 1.54) is 35.6 Å². The first-order valence-corrected chi connectivity index (χ1v) is 8.65. The highest BCUT2D eigenvalue weighted by molar-refractivity contribution is 7.92. The number of anilines is 1. The lowest BCUT2D eigenvalue weighted by atomic mass is 10.3. The van der Waals surface area contributed by atoms with Crippen LogP contribution in [-0.2, 0) is 10.0 Å². The Morgan fingerprint density at radius 2 is 1.95 bits per heavy atom. The third kappa shape index (κ3) is 4.68. The second-order valence-corrected chi connectivity index (χ2v) is 7.43. The number of ether oxygens (including phenoxy) is 1. The van der Waals surface area contributed by atoms with Crippen LogP contribution in [0, 0.1) is 19.7 Å². The zero-order chi connectivity index (χ0) is 15.5. The van der Waals surface area contributed by atoms with Crippen molar-refractivity contribution >= 4 is 26.5 Å². The predicted octanol–water partition coefficient (Wildman–Crippen LogP) is 2.72. The van der Waals surface area contributed by atoms with Crippen molar-refractivity contribution in [3.8, 4) is 5.75 Å². The Morgan fingerprint density at radius 3 is 2.52 bits per heavy atom. The maximum Gasteiger partial charge on any atom is 0.237 e. The van der Waals surface area contributed by atoms with Gasteiger partial charge in [0, 0.05) is 4.88 Å². The largest absolute Gasteiger partial charge is 0.492 e. The molecule has 1 heterocycles. The monoisotopic (exact) mass is 330 g/mol. The molecular formula is C13H15FN2O3S2. The Morgan fingerprint density at radius 1 is 1.29 bits per heavy atom. The van der Waals surface area contributed by atoms with Gasteiger partial charge in [0.05, 0.1) is 5.69 Å². The van der Waals surface area contributed by atoms with Crippen LogP contribution >= 0.6 is 11.3 Å². The lowest BCUT2D eigenvalue weighted by Gasteiger charge is -2.07. The summed E-state index contributed by atoms with van der Waals surface area (Å²) in [4.78, 5) is 5.08. The summed E-state index contributed by atoms with van der Waals surface area (Å²) >= 11 is 1.29. The van der Waals surface area contributed by atoms with Crippen molar-refractivity contribution in [2.24, 2.45) is 0 Å². The minimum Gasteiger partial charge on any atom is -0.492 e. The van der Waals surface area contributed by atoms with Crippen LogP contribution in [-0.4, -0.2) is 25.8 Å². The van der Waals surface area contributed by atoms with Gasteiger partial charge in [-0.3, -0.25) is 4.72 Å². The van der Waals surface area contributed by atoms with E-state index in [2.05, 4.69) is 9.71 Å². The maximum absolute atomic E-state index is 12.7. The molecule has 21 heavy (non-hydrogen) atoms. The number of aryl methyl sites for hydroxylation is 2. The van der Waals surface area contributed by atoms with Crippen molar-refractivity contribution in [1.82, 2.24) is 4.98 Å². The summed E-state index contributed by atoms with van der Waals surface area (Å²) in [6.07, 6.45) is 0. The van der Waals surface area contributed by atoms with Crippen LogP contribution in [0.2, 0.25) is 0 Å². The summed E-state index contributed by atoms with van der Waals surface area (Å²) < 4.78 is 44.1. The SMILES string of the molecule is Cc1nc(NS(=O)(=O)CCOc2ccc(F)cc2)sc1C. The topological polar surface area (TPSA) is 68.3 Å². The van der Waals surface area contributed by atoms with E-state index in [9.17, 15) is 12.8 Å². The second-order valence-electron chi connectivity index (χ2n) is 4.38. The van der Waals surface area contributed by atoms with Crippen LogP contribution in [0.3, 0.4) is 0 Å². The molecule has 0 atom stereocenters. The van der Waals surface area contributed by atoms with Gasteiger partial charge in [-0.05, 0) is 38.1 Å². The fourth-order valence-electron chi connectivity index (χ4n) is 1.50. The highest BCUT2D eigenvalue weighted by atomic mass is 32.2. The molecule has 0 unspecified atom stereocenters. The number of rotatable bonds is 6. The van der Waals surface area contributed by atoms with Gasteiger partial charge in [-0.2, -0.15) is 0 Å². The van der Waals surface area contributed by atoms with Crippen LogP contribution in [0.15, 0.2) is 24.3 Å². The first-order chi connectivity index (χ1) is 9.85. The summed E-state index contributed by atoms with van der Waals surface area (Å²) in [5.41, 5.74) is 0.806. The van der Waals surface area contributed by atoms with Gasteiger partial charge in [0.2, 0.25) is 10.0 Å². The van der Waals surface area contributed by atoms with E-state index < -0.39 is 10.0 Å². The highest BCUT2D eigenvalue weighted by Gasteiger charge is 2.14. The maximum atomic E-state index is 12.7. The Balaban J connectivity index is 1.88. The van der Waals surface area contributed by atoms with E-state index in [0.29, 0.717) is 10.9 Å².